The van der Waals surface area contributed by atoms with E-state index < -0.39 is 5.60 Å². The van der Waals surface area contributed by atoms with Crippen LogP contribution in [0.5, 0.6) is 0 Å². The van der Waals surface area contributed by atoms with Crippen molar-refractivity contribution in [3.05, 3.63) is 59.2 Å². The summed E-state index contributed by atoms with van der Waals surface area (Å²) in [6.07, 6.45) is 4.68. The highest BCUT2D eigenvalue weighted by Crippen LogP contribution is 2.33. The van der Waals surface area contributed by atoms with E-state index in [1.165, 1.54) is 12.2 Å². The number of carbonyl (C=O) groups is 2. The molecule has 0 saturated heterocycles. The van der Waals surface area contributed by atoms with Crippen LogP contribution >= 0.6 is 11.6 Å². The summed E-state index contributed by atoms with van der Waals surface area (Å²) >= 11 is 5.83. The molecule has 5 heteroatoms. The Morgan fingerprint density at radius 1 is 1.30 bits per heavy atom. The quantitative estimate of drug-likeness (QED) is 0.786. The predicted molar refractivity (Wildman–Crippen MR) is 74.7 cm³/mol. The number of hydrogen-bond acceptors (Lipinski definition) is 4. The molecule has 1 aromatic rings. The number of rotatable bonds is 2. The lowest BCUT2D eigenvalue weighted by Crippen LogP contribution is -2.29. The Morgan fingerprint density at radius 2 is 2.05 bits per heavy atom. The first-order valence-corrected chi connectivity index (χ1v) is 6.44. The van der Waals surface area contributed by atoms with E-state index in [9.17, 15) is 9.59 Å². The molecule has 1 heterocycles. The molecule has 0 N–H and O–H groups in total. The number of carbonyl (C=O) groups excluding carboxylic acids is 2. The van der Waals surface area contributed by atoms with E-state index >= 15 is 0 Å². The van der Waals surface area contributed by atoms with Gasteiger partial charge >= 0.3 is 0 Å². The molecule has 20 heavy (non-hydrogen) atoms. The Morgan fingerprint density at radius 3 is 2.75 bits per heavy atom. The minimum atomic E-state index is -0.912. The maximum absolute atomic E-state index is 12.3. The molecule has 1 aliphatic carbocycles. The summed E-state index contributed by atoms with van der Waals surface area (Å²) in [7, 11) is 0. The zero-order valence-electron chi connectivity index (χ0n) is 10.4. The van der Waals surface area contributed by atoms with E-state index in [1.807, 2.05) is 6.07 Å². The third-order valence-electron chi connectivity index (χ3n) is 3.19. The number of Topliss-reactive ketones (excluding diaryl/α,β-unsaturated/α-hetero) is 1. The SMILES string of the molecule is O=C1C=CC2(C=C1Cl)CC(C(=O)c1ccccc1)=NO2. The number of hydrogen-bond donors (Lipinski definition) is 0. The van der Waals surface area contributed by atoms with Crippen LogP contribution in [0.1, 0.15) is 16.8 Å². The first-order valence-electron chi connectivity index (χ1n) is 6.06. The molecule has 0 saturated carbocycles. The third kappa shape index (κ3) is 2.18. The fourth-order valence-electron chi connectivity index (χ4n) is 2.14. The zero-order valence-corrected chi connectivity index (χ0v) is 11.1. The van der Waals surface area contributed by atoms with Crippen molar-refractivity contribution in [1.29, 1.82) is 0 Å². The van der Waals surface area contributed by atoms with Gasteiger partial charge in [0.2, 0.25) is 5.78 Å². The van der Waals surface area contributed by atoms with Gasteiger partial charge in [0.1, 0.15) is 5.71 Å². The smallest absolute Gasteiger partial charge is 0.210 e. The van der Waals surface area contributed by atoms with Crippen LogP contribution in [0.15, 0.2) is 58.7 Å². The molecule has 0 radical (unpaired) electrons. The van der Waals surface area contributed by atoms with Crippen molar-refractivity contribution in [3.8, 4) is 0 Å². The predicted octanol–water partition coefficient (Wildman–Crippen LogP) is 2.65. The van der Waals surface area contributed by atoms with Crippen LogP contribution in [0.25, 0.3) is 0 Å². The fourth-order valence-corrected chi connectivity index (χ4v) is 2.39. The molecule has 0 fully saturated rings. The molecule has 0 aromatic heterocycles. The van der Waals surface area contributed by atoms with Gasteiger partial charge in [0.15, 0.2) is 11.4 Å². The molecule has 100 valence electrons. The number of halogens is 1. The topological polar surface area (TPSA) is 55.7 Å². The van der Waals surface area contributed by atoms with Gasteiger partial charge in [0.25, 0.3) is 0 Å². The van der Waals surface area contributed by atoms with Crippen molar-refractivity contribution >= 4 is 28.9 Å². The zero-order chi connectivity index (χ0) is 14.2. The highest BCUT2D eigenvalue weighted by Gasteiger charge is 2.40. The Hall–Kier alpha value is -2.20. The summed E-state index contributed by atoms with van der Waals surface area (Å²) in [4.78, 5) is 28.9. The standard InChI is InChI=1S/C15H10ClNO3/c16-11-8-15(7-6-13(11)18)9-12(17-20-15)14(19)10-4-2-1-3-5-10/h1-8H,9H2. The molecule has 1 aliphatic heterocycles. The fraction of sp³-hybridized carbons (Fsp3) is 0.133. The second-order valence-corrected chi connectivity index (χ2v) is 5.05. The second kappa shape index (κ2) is 4.72. The van der Waals surface area contributed by atoms with Crippen molar-refractivity contribution < 1.29 is 14.4 Å². The van der Waals surface area contributed by atoms with Crippen molar-refractivity contribution in [2.75, 3.05) is 0 Å². The first-order chi connectivity index (χ1) is 9.60. The lowest BCUT2D eigenvalue weighted by atomic mass is 9.90. The molecule has 2 aliphatic rings. The van der Waals surface area contributed by atoms with Crippen molar-refractivity contribution in [2.24, 2.45) is 5.16 Å². The van der Waals surface area contributed by atoms with Gasteiger partial charge in [0.05, 0.1) is 5.03 Å². The Balaban J connectivity index is 1.82. The molecular weight excluding hydrogens is 278 g/mol. The molecule has 1 atom stereocenters. The number of nitrogens with zero attached hydrogens (tertiary/aromatic N) is 1. The van der Waals surface area contributed by atoms with E-state index in [2.05, 4.69) is 5.16 Å². The number of oxime groups is 1. The highest BCUT2D eigenvalue weighted by atomic mass is 35.5. The minimum absolute atomic E-state index is 0.0797. The van der Waals surface area contributed by atoms with E-state index in [0.29, 0.717) is 11.3 Å². The summed E-state index contributed by atoms with van der Waals surface area (Å²) in [6, 6.07) is 8.85. The molecule has 1 aromatic carbocycles. The van der Waals surface area contributed by atoms with E-state index in [0.717, 1.165) is 0 Å². The molecule has 1 spiro atoms. The maximum atomic E-state index is 12.3. The third-order valence-corrected chi connectivity index (χ3v) is 3.49. The van der Waals surface area contributed by atoms with Crippen LogP contribution in [0.3, 0.4) is 0 Å². The van der Waals surface area contributed by atoms with Crippen LogP contribution in [-0.2, 0) is 9.63 Å². The summed E-state index contributed by atoms with van der Waals surface area (Å²) in [6.45, 7) is 0. The summed E-state index contributed by atoms with van der Waals surface area (Å²) in [5, 5.41) is 3.93. The highest BCUT2D eigenvalue weighted by molar-refractivity contribution is 6.47. The van der Waals surface area contributed by atoms with Crippen molar-refractivity contribution in [1.82, 2.24) is 0 Å². The Labute approximate surface area is 120 Å². The van der Waals surface area contributed by atoms with Gasteiger partial charge in [-0.3, -0.25) is 9.59 Å². The van der Waals surface area contributed by atoms with Gasteiger partial charge in [-0.15, -0.1) is 0 Å². The Kier molecular flexibility index (Phi) is 3.03. The van der Waals surface area contributed by atoms with Crippen LogP contribution in [0.2, 0.25) is 0 Å². The minimum Gasteiger partial charge on any atom is -0.380 e. The molecule has 3 rings (SSSR count). The van der Waals surface area contributed by atoms with E-state index in [-0.39, 0.29) is 23.0 Å². The number of ketones is 2. The summed E-state index contributed by atoms with van der Waals surface area (Å²) in [5.41, 5.74) is -0.0427. The summed E-state index contributed by atoms with van der Waals surface area (Å²) in [5.74, 6) is -0.457. The Bertz CT molecular complexity index is 676. The van der Waals surface area contributed by atoms with Gasteiger partial charge < -0.3 is 4.84 Å². The maximum Gasteiger partial charge on any atom is 0.210 e. The average molecular weight is 288 g/mol. The van der Waals surface area contributed by atoms with Crippen molar-refractivity contribution in [2.45, 2.75) is 12.0 Å². The van der Waals surface area contributed by atoms with Gasteiger partial charge in [-0.1, -0.05) is 47.1 Å². The molecule has 1 unspecified atom stereocenters. The lowest BCUT2D eigenvalue weighted by Gasteiger charge is -2.21. The molecular formula is C15H10ClNO3. The summed E-state index contributed by atoms with van der Waals surface area (Å²) < 4.78 is 0. The second-order valence-electron chi connectivity index (χ2n) is 4.65. The first kappa shape index (κ1) is 12.8. The number of allylic oxidation sites excluding steroid dienone is 2. The van der Waals surface area contributed by atoms with Crippen LogP contribution in [-0.4, -0.2) is 22.9 Å². The van der Waals surface area contributed by atoms with Gasteiger partial charge in [-0.25, -0.2) is 0 Å². The normalized spacial score (nSPS) is 24.4. The van der Waals surface area contributed by atoms with Crippen LogP contribution in [0, 0.1) is 0 Å². The largest absolute Gasteiger partial charge is 0.380 e. The number of benzene rings is 1. The monoisotopic (exact) mass is 287 g/mol. The molecule has 0 bridgehead atoms. The van der Waals surface area contributed by atoms with Crippen molar-refractivity contribution in [3.63, 3.8) is 0 Å². The van der Waals surface area contributed by atoms with Gasteiger partial charge in [-0.05, 0) is 18.2 Å². The van der Waals surface area contributed by atoms with E-state index in [4.69, 9.17) is 16.4 Å². The molecule has 4 nitrogen and oxygen atoms in total. The average Bonchev–Trinajstić information content (AvgIpc) is 2.88. The van der Waals surface area contributed by atoms with Crippen LogP contribution < -0.4 is 0 Å². The lowest BCUT2D eigenvalue weighted by molar-refractivity contribution is -0.111. The van der Waals surface area contributed by atoms with E-state index in [1.54, 1.807) is 30.3 Å². The van der Waals surface area contributed by atoms with Crippen LogP contribution in [0.4, 0.5) is 0 Å². The molecule has 0 amide bonds. The van der Waals surface area contributed by atoms with Gasteiger partial charge in [-0.2, -0.15) is 0 Å². The van der Waals surface area contributed by atoms with Gasteiger partial charge in [0, 0.05) is 12.0 Å².